The van der Waals surface area contributed by atoms with E-state index in [4.69, 9.17) is 5.73 Å². The number of aryl methyl sites for hydroxylation is 1. The van der Waals surface area contributed by atoms with Crippen molar-refractivity contribution in [2.45, 2.75) is 33.3 Å². The molecule has 0 spiro atoms. The first-order valence-electron chi connectivity index (χ1n) is 13.4. The van der Waals surface area contributed by atoms with Crippen LogP contribution in [0.3, 0.4) is 0 Å². The number of fused-ring (bicyclic) bond motifs is 3. The normalized spacial score (nSPS) is 14.1. The first-order valence-corrected chi connectivity index (χ1v) is 13.4. The number of urea groups is 1. The van der Waals surface area contributed by atoms with E-state index < -0.39 is 11.5 Å². The maximum absolute atomic E-state index is 13.6. The van der Waals surface area contributed by atoms with Crippen molar-refractivity contribution in [3.8, 4) is 11.1 Å². The van der Waals surface area contributed by atoms with Crippen molar-refractivity contribution < 1.29 is 14.7 Å². The van der Waals surface area contributed by atoms with Gasteiger partial charge in [-0.25, -0.2) is 4.79 Å². The van der Waals surface area contributed by atoms with E-state index in [0.29, 0.717) is 24.2 Å². The Balaban J connectivity index is 1.49. The van der Waals surface area contributed by atoms with Crippen LogP contribution in [0.1, 0.15) is 40.9 Å². The molecule has 0 saturated carbocycles. The summed E-state index contributed by atoms with van der Waals surface area (Å²) >= 11 is 0. The Kier molecular flexibility index (Phi) is 5.93. The molecule has 1 aliphatic heterocycles. The van der Waals surface area contributed by atoms with E-state index in [1.807, 2.05) is 90.4 Å². The van der Waals surface area contributed by atoms with E-state index in [-0.39, 0.29) is 6.03 Å². The van der Waals surface area contributed by atoms with Crippen molar-refractivity contribution in [2.75, 3.05) is 22.9 Å². The summed E-state index contributed by atoms with van der Waals surface area (Å²) in [4.78, 5) is 33.0. The van der Waals surface area contributed by atoms with E-state index in [0.717, 1.165) is 55.5 Å². The number of aromatic amines is 1. The van der Waals surface area contributed by atoms with Gasteiger partial charge in [-0.3, -0.25) is 14.6 Å². The summed E-state index contributed by atoms with van der Waals surface area (Å²) in [5.41, 5.74) is 13.1. The first kappa shape index (κ1) is 25.6. The second-order valence-electron chi connectivity index (χ2n) is 11.1. The second kappa shape index (κ2) is 9.24. The highest BCUT2D eigenvalue weighted by Gasteiger charge is 2.32. The lowest BCUT2D eigenvalue weighted by molar-refractivity contribution is 0.0787. The highest BCUT2D eigenvalue weighted by molar-refractivity contribution is 6.20. The minimum absolute atomic E-state index is 0.0497. The van der Waals surface area contributed by atoms with E-state index in [9.17, 15) is 14.7 Å². The molecular weight excluding hydrogens is 500 g/mol. The Labute approximate surface area is 232 Å². The van der Waals surface area contributed by atoms with Crippen molar-refractivity contribution in [3.05, 3.63) is 95.1 Å². The smallest absolute Gasteiger partial charge is 0.329 e. The number of benzene rings is 4. The summed E-state index contributed by atoms with van der Waals surface area (Å²) in [7, 11) is 0. The molecule has 6 rings (SSSR count). The number of anilines is 2. The van der Waals surface area contributed by atoms with E-state index in [1.165, 1.54) is 0 Å². The Morgan fingerprint density at radius 3 is 2.40 bits per heavy atom. The minimum Gasteiger partial charge on any atom is -0.386 e. The average molecular weight is 533 g/mol. The lowest BCUT2D eigenvalue weighted by Gasteiger charge is -2.22. The van der Waals surface area contributed by atoms with Gasteiger partial charge in [0.2, 0.25) is 0 Å². The lowest BCUT2D eigenvalue weighted by atomic mass is 9.92. The van der Waals surface area contributed by atoms with Gasteiger partial charge in [0.15, 0.2) is 0 Å². The molecular formula is C33H32N4O3. The van der Waals surface area contributed by atoms with Gasteiger partial charge in [0, 0.05) is 40.8 Å². The molecule has 7 heteroatoms. The molecule has 40 heavy (non-hydrogen) atoms. The average Bonchev–Trinajstić information content (AvgIpc) is 3.48. The lowest BCUT2D eigenvalue weighted by Crippen LogP contribution is -2.32. The van der Waals surface area contributed by atoms with Crippen LogP contribution in [-0.2, 0) is 5.60 Å². The maximum Gasteiger partial charge on any atom is 0.329 e. The Morgan fingerprint density at radius 1 is 0.925 bits per heavy atom. The maximum atomic E-state index is 13.6. The topological polar surface area (TPSA) is 103 Å². The molecule has 2 heterocycles. The van der Waals surface area contributed by atoms with E-state index >= 15 is 0 Å². The van der Waals surface area contributed by atoms with Crippen LogP contribution in [-0.4, -0.2) is 35.1 Å². The van der Waals surface area contributed by atoms with Gasteiger partial charge in [-0.2, -0.15) is 0 Å². The number of hydrogen-bond acceptors (Lipinski definition) is 3. The number of nitrogens with one attached hydrogen (secondary N) is 1. The number of nitrogens with zero attached hydrogens (tertiary/aromatic N) is 2. The van der Waals surface area contributed by atoms with Crippen molar-refractivity contribution >= 4 is 45.1 Å². The fourth-order valence-electron chi connectivity index (χ4n) is 5.83. The van der Waals surface area contributed by atoms with E-state index in [1.54, 1.807) is 19.9 Å². The van der Waals surface area contributed by atoms with Crippen LogP contribution in [0, 0.1) is 13.8 Å². The van der Waals surface area contributed by atoms with Crippen LogP contribution in [0.2, 0.25) is 0 Å². The number of amides is 3. The van der Waals surface area contributed by atoms with Crippen LogP contribution >= 0.6 is 0 Å². The number of aliphatic hydroxyl groups is 1. The third-order valence-corrected chi connectivity index (χ3v) is 7.93. The second-order valence-corrected chi connectivity index (χ2v) is 11.1. The predicted molar refractivity (Wildman–Crippen MR) is 161 cm³/mol. The fourth-order valence-corrected chi connectivity index (χ4v) is 5.83. The van der Waals surface area contributed by atoms with Gasteiger partial charge < -0.3 is 15.8 Å². The quantitative estimate of drug-likeness (QED) is 0.245. The predicted octanol–water partition coefficient (Wildman–Crippen LogP) is 6.38. The summed E-state index contributed by atoms with van der Waals surface area (Å²) in [6.07, 6.45) is 0. The highest BCUT2D eigenvalue weighted by atomic mass is 16.3. The Hall–Kier alpha value is -4.62. The van der Waals surface area contributed by atoms with Gasteiger partial charge in [0.1, 0.15) is 0 Å². The number of carbonyl (C=O) groups is 2. The molecule has 0 atom stereocenters. The molecule has 1 aromatic heterocycles. The summed E-state index contributed by atoms with van der Waals surface area (Å²) in [6.45, 7) is 8.73. The standard InChI is InChI=1S/C33H32N4O3/c1-19-7-5-8-22(17-19)36-15-16-37(32(36)39)28-10-6-9-23(20(28)2)24-13-14-26(31(34)38)30-29(24)25-12-11-21(33(3,4)40)18-27(25)35-30/h5-14,17-18,35,40H,15-16H2,1-4H3,(H2,34,38). The molecule has 0 radical (unpaired) electrons. The molecule has 3 amide bonds. The zero-order valence-electron chi connectivity index (χ0n) is 23.1. The minimum atomic E-state index is -1.01. The molecule has 4 aromatic carbocycles. The largest absolute Gasteiger partial charge is 0.386 e. The number of primary amides is 1. The van der Waals surface area contributed by atoms with Crippen LogP contribution in [0.25, 0.3) is 32.9 Å². The monoisotopic (exact) mass is 532 g/mol. The molecule has 202 valence electrons. The molecule has 5 aromatic rings. The molecule has 0 aliphatic carbocycles. The number of nitrogens with two attached hydrogens (primary N) is 1. The molecule has 1 fully saturated rings. The molecule has 7 nitrogen and oxygen atoms in total. The van der Waals surface area contributed by atoms with Gasteiger partial charge in [0.05, 0.1) is 16.7 Å². The molecule has 1 aliphatic rings. The molecule has 4 N–H and O–H groups in total. The Bertz CT molecular complexity index is 1830. The number of carbonyl (C=O) groups excluding carboxylic acids is 2. The first-order chi connectivity index (χ1) is 19.0. The number of rotatable bonds is 5. The summed E-state index contributed by atoms with van der Waals surface area (Å²) < 4.78 is 0. The van der Waals surface area contributed by atoms with Gasteiger partial charge in [-0.1, -0.05) is 42.5 Å². The van der Waals surface area contributed by atoms with E-state index in [2.05, 4.69) is 4.98 Å². The highest BCUT2D eigenvalue weighted by Crippen LogP contribution is 2.41. The zero-order chi connectivity index (χ0) is 28.3. The molecule has 0 unspecified atom stereocenters. The number of H-pyrrole nitrogens is 1. The number of hydrogen-bond donors (Lipinski definition) is 3. The summed E-state index contributed by atoms with van der Waals surface area (Å²) in [5, 5.41) is 12.4. The third kappa shape index (κ3) is 4.10. The van der Waals surface area contributed by atoms with Gasteiger partial charge in [0.25, 0.3) is 5.91 Å². The summed E-state index contributed by atoms with van der Waals surface area (Å²) in [5.74, 6) is -0.518. The third-order valence-electron chi connectivity index (χ3n) is 7.93. The van der Waals surface area contributed by atoms with Gasteiger partial charge in [-0.05, 0) is 85.8 Å². The van der Waals surface area contributed by atoms with Crippen LogP contribution < -0.4 is 15.5 Å². The SMILES string of the molecule is Cc1cccc(N2CCN(c3cccc(-c4ccc(C(N)=O)c5[nH]c6cc(C(C)(C)O)ccc6c45)c3C)C2=O)c1. The zero-order valence-corrected chi connectivity index (χ0v) is 23.1. The van der Waals surface area contributed by atoms with Crippen LogP contribution in [0.4, 0.5) is 16.2 Å². The fraction of sp³-hybridized carbons (Fsp3) is 0.212. The summed E-state index contributed by atoms with van der Waals surface area (Å²) in [6, 6.07) is 23.4. The van der Waals surface area contributed by atoms with Crippen LogP contribution in [0.5, 0.6) is 0 Å². The van der Waals surface area contributed by atoms with Crippen molar-refractivity contribution in [1.29, 1.82) is 0 Å². The van der Waals surface area contributed by atoms with Gasteiger partial charge >= 0.3 is 6.03 Å². The van der Waals surface area contributed by atoms with Crippen molar-refractivity contribution in [1.82, 2.24) is 4.98 Å². The Morgan fingerprint density at radius 2 is 1.68 bits per heavy atom. The van der Waals surface area contributed by atoms with Gasteiger partial charge in [-0.15, -0.1) is 0 Å². The number of aromatic nitrogens is 1. The molecule has 0 bridgehead atoms. The van der Waals surface area contributed by atoms with Crippen molar-refractivity contribution in [2.24, 2.45) is 5.73 Å². The van der Waals surface area contributed by atoms with Crippen molar-refractivity contribution in [3.63, 3.8) is 0 Å². The van der Waals surface area contributed by atoms with Crippen LogP contribution in [0.15, 0.2) is 72.8 Å². The molecule has 1 saturated heterocycles.